The Morgan fingerprint density at radius 1 is 0.383 bits per heavy atom. The van der Waals surface area contributed by atoms with Gasteiger partial charge in [0.1, 0.15) is 0 Å². The van der Waals surface area contributed by atoms with E-state index in [1.807, 2.05) is 6.08 Å². The lowest BCUT2D eigenvalue weighted by molar-refractivity contribution is -0.123. The van der Waals surface area contributed by atoms with E-state index in [1.165, 1.54) is 238 Å². The summed E-state index contributed by atoms with van der Waals surface area (Å²) >= 11 is 0. The minimum absolute atomic E-state index is 0.0734. The van der Waals surface area contributed by atoms with Gasteiger partial charge in [-0.25, -0.2) is 0 Å². The molecule has 0 aromatic carbocycles. The molecule has 354 valence electrons. The molecule has 2 atom stereocenters. The van der Waals surface area contributed by atoms with Crippen molar-refractivity contribution >= 4 is 5.91 Å². The topological polar surface area (TPSA) is 69.6 Å². The van der Waals surface area contributed by atoms with Crippen LogP contribution in [0.15, 0.2) is 36.5 Å². The van der Waals surface area contributed by atoms with Crippen molar-refractivity contribution in [3.63, 3.8) is 0 Å². The second kappa shape index (κ2) is 52.0. The average Bonchev–Trinajstić information content (AvgIpc) is 3.25. The van der Waals surface area contributed by atoms with Crippen LogP contribution in [0.25, 0.3) is 0 Å². The van der Waals surface area contributed by atoms with Gasteiger partial charge in [0.15, 0.2) is 0 Å². The molecule has 0 aromatic heterocycles. The molecule has 0 aromatic rings. The molecule has 0 rings (SSSR count). The van der Waals surface area contributed by atoms with E-state index in [4.69, 9.17) is 0 Å². The van der Waals surface area contributed by atoms with Crippen LogP contribution in [0.2, 0.25) is 0 Å². The lowest BCUT2D eigenvalue weighted by Gasteiger charge is -2.19. The third-order valence-corrected chi connectivity index (χ3v) is 12.6. The SMILES string of the molecule is CCCCCCC/C=C/CC/C=C/CC/C=C/C(O)C(CO)NC(=O)CCCCCCCCCCCCCCCCCCCCCCCCCCCCCCCCCCC. The normalized spacial score (nSPS) is 13.1. The van der Waals surface area contributed by atoms with Crippen LogP contribution >= 0.6 is 0 Å². The second-order valence-corrected chi connectivity index (χ2v) is 18.6. The first-order valence-electron chi connectivity index (χ1n) is 27.2. The van der Waals surface area contributed by atoms with Crippen molar-refractivity contribution in [2.75, 3.05) is 6.61 Å². The van der Waals surface area contributed by atoms with E-state index in [1.54, 1.807) is 6.08 Å². The fourth-order valence-electron chi connectivity index (χ4n) is 8.45. The first kappa shape index (κ1) is 58.6. The molecule has 0 bridgehead atoms. The van der Waals surface area contributed by atoms with E-state index >= 15 is 0 Å². The van der Waals surface area contributed by atoms with Crippen molar-refractivity contribution in [3.05, 3.63) is 36.5 Å². The summed E-state index contributed by atoms with van der Waals surface area (Å²) in [7, 11) is 0. The van der Waals surface area contributed by atoms with Crippen molar-refractivity contribution in [1.29, 1.82) is 0 Å². The van der Waals surface area contributed by atoms with Gasteiger partial charge in [0.2, 0.25) is 5.91 Å². The van der Waals surface area contributed by atoms with Gasteiger partial charge in [0, 0.05) is 6.42 Å². The van der Waals surface area contributed by atoms with E-state index in [-0.39, 0.29) is 12.5 Å². The molecule has 3 N–H and O–H groups in total. The monoisotopic (exact) mass is 842 g/mol. The molecule has 2 unspecified atom stereocenters. The molecule has 0 saturated heterocycles. The van der Waals surface area contributed by atoms with Crippen LogP contribution < -0.4 is 5.32 Å². The Hall–Kier alpha value is -1.39. The zero-order valence-electron chi connectivity index (χ0n) is 40.7. The molecule has 0 aliphatic rings. The van der Waals surface area contributed by atoms with Crippen molar-refractivity contribution in [2.45, 2.75) is 309 Å². The van der Waals surface area contributed by atoms with Crippen LogP contribution in [0.5, 0.6) is 0 Å². The maximum Gasteiger partial charge on any atom is 0.220 e. The van der Waals surface area contributed by atoms with E-state index < -0.39 is 12.1 Å². The fraction of sp³-hybridized carbons (Fsp3) is 0.875. The molecule has 0 radical (unpaired) electrons. The van der Waals surface area contributed by atoms with Gasteiger partial charge in [0.05, 0.1) is 18.8 Å². The largest absolute Gasteiger partial charge is 0.394 e. The Bertz CT molecular complexity index is 912. The van der Waals surface area contributed by atoms with Gasteiger partial charge in [0.25, 0.3) is 0 Å². The molecule has 0 spiro atoms. The molecule has 0 aliphatic heterocycles. The number of aliphatic hydroxyl groups excluding tert-OH is 2. The summed E-state index contributed by atoms with van der Waals surface area (Å²) in [6, 6.07) is -0.643. The molecule has 60 heavy (non-hydrogen) atoms. The first-order valence-corrected chi connectivity index (χ1v) is 27.2. The molecule has 4 heteroatoms. The van der Waals surface area contributed by atoms with Gasteiger partial charge in [-0.1, -0.05) is 281 Å². The van der Waals surface area contributed by atoms with Gasteiger partial charge in [-0.2, -0.15) is 0 Å². The van der Waals surface area contributed by atoms with Crippen LogP contribution in [-0.4, -0.2) is 34.9 Å². The van der Waals surface area contributed by atoms with Crippen LogP contribution in [0.1, 0.15) is 296 Å². The van der Waals surface area contributed by atoms with Crippen molar-refractivity contribution < 1.29 is 15.0 Å². The summed E-state index contributed by atoms with van der Waals surface area (Å²) in [5, 5.41) is 23.0. The third kappa shape index (κ3) is 47.7. The maximum absolute atomic E-state index is 12.4. The highest BCUT2D eigenvalue weighted by Crippen LogP contribution is 2.17. The minimum atomic E-state index is -0.867. The van der Waals surface area contributed by atoms with E-state index in [0.29, 0.717) is 6.42 Å². The van der Waals surface area contributed by atoms with Gasteiger partial charge < -0.3 is 15.5 Å². The highest BCUT2D eigenvalue weighted by atomic mass is 16.3. The Balaban J connectivity index is 3.43. The number of unbranched alkanes of at least 4 members (excludes halogenated alkanes) is 39. The molecule has 0 aliphatic carbocycles. The molecule has 1 amide bonds. The van der Waals surface area contributed by atoms with Crippen LogP contribution in [0, 0.1) is 0 Å². The van der Waals surface area contributed by atoms with Gasteiger partial charge >= 0.3 is 0 Å². The third-order valence-electron chi connectivity index (χ3n) is 12.6. The van der Waals surface area contributed by atoms with Crippen LogP contribution in [0.4, 0.5) is 0 Å². The van der Waals surface area contributed by atoms with Crippen LogP contribution in [-0.2, 0) is 4.79 Å². The number of amides is 1. The number of aliphatic hydroxyl groups is 2. The Kier molecular flexibility index (Phi) is 50.8. The zero-order chi connectivity index (χ0) is 43.5. The van der Waals surface area contributed by atoms with Crippen molar-refractivity contribution in [2.24, 2.45) is 0 Å². The molecule has 4 nitrogen and oxygen atoms in total. The van der Waals surface area contributed by atoms with Gasteiger partial charge in [-0.15, -0.1) is 0 Å². The number of hydrogen-bond donors (Lipinski definition) is 3. The smallest absolute Gasteiger partial charge is 0.220 e. The summed E-state index contributed by atoms with van der Waals surface area (Å²) in [6.45, 7) is 4.30. The molecule has 0 heterocycles. The first-order chi connectivity index (χ1) is 29.7. The van der Waals surface area contributed by atoms with Gasteiger partial charge in [-0.05, 0) is 44.9 Å². The highest BCUT2D eigenvalue weighted by molar-refractivity contribution is 5.76. The van der Waals surface area contributed by atoms with Gasteiger partial charge in [-0.3, -0.25) is 4.79 Å². The molecule has 0 fully saturated rings. The highest BCUT2D eigenvalue weighted by Gasteiger charge is 2.18. The zero-order valence-corrected chi connectivity index (χ0v) is 40.7. The van der Waals surface area contributed by atoms with Crippen LogP contribution in [0.3, 0.4) is 0 Å². The summed E-state index contributed by atoms with van der Waals surface area (Å²) in [6.07, 6.45) is 70.3. The summed E-state index contributed by atoms with van der Waals surface area (Å²) in [4.78, 5) is 12.4. The number of nitrogens with one attached hydrogen (secondary N) is 1. The Labute approximate surface area is 376 Å². The van der Waals surface area contributed by atoms with E-state index in [2.05, 4.69) is 43.5 Å². The quantitative estimate of drug-likeness (QED) is 0.0422. The second-order valence-electron chi connectivity index (χ2n) is 18.6. The summed E-state index contributed by atoms with van der Waals surface area (Å²) in [5.74, 6) is -0.0734. The lowest BCUT2D eigenvalue weighted by atomic mass is 10.0. The summed E-state index contributed by atoms with van der Waals surface area (Å²) in [5.41, 5.74) is 0. The number of allylic oxidation sites excluding steroid dienone is 5. The number of carbonyl (C=O) groups is 1. The fourth-order valence-corrected chi connectivity index (χ4v) is 8.45. The molecular formula is C56H107NO3. The average molecular weight is 842 g/mol. The number of hydrogen-bond acceptors (Lipinski definition) is 3. The standard InChI is InChI=1S/C56H107NO3/c1-3-5-7-9-11-13-15-17-19-20-21-22-23-24-25-26-27-28-29-30-31-32-33-34-35-36-38-40-42-44-46-48-50-52-56(60)57-54(53-58)55(59)51-49-47-45-43-41-39-37-18-16-14-12-10-8-6-4-2/h16,18,41,43,49,51,54-55,58-59H,3-15,17,19-40,42,44-48,50,52-53H2,1-2H3,(H,57,60)/b18-16+,43-41+,51-49+. The Morgan fingerprint density at radius 2 is 0.650 bits per heavy atom. The van der Waals surface area contributed by atoms with Crippen molar-refractivity contribution in [3.8, 4) is 0 Å². The number of rotatable bonds is 50. The minimum Gasteiger partial charge on any atom is -0.394 e. The number of carbonyl (C=O) groups excluding carboxylic acids is 1. The Morgan fingerprint density at radius 3 is 0.967 bits per heavy atom. The summed E-state index contributed by atoms with van der Waals surface area (Å²) < 4.78 is 0. The maximum atomic E-state index is 12.4. The van der Waals surface area contributed by atoms with E-state index in [0.717, 1.165) is 38.5 Å². The lowest BCUT2D eigenvalue weighted by Crippen LogP contribution is -2.45. The van der Waals surface area contributed by atoms with Crippen molar-refractivity contribution in [1.82, 2.24) is 5.32 Å². The predicted molar refractivity (Wildman–Crippen MR) is 267 cm³/mol. The van der Waals surface area contributed by atoms with E-state index in [9.17, 15) is 15.0 Å². The predicted octanol–water partition coefficient (Wildman–Crippen LogP) is 17.7. The molecular weight excluding hydrogens is 735 g/mol. The molecule has 0 saturated carbocycles.